The van der Waals surface area contributed by atoms with E-state index in [0.29, 0.717) is 19.1 Å². The summed E-state index contributed by atoms with van der Waals surface area (Å²) < 4.78 is 23.1. The number of carboxylic acids is 1. The number of oxazole rings is 1. The molecule has 0 spiro atoms. The van der Waals surface area contributed by atoms with Crippen LogP contribution in [0.1, 0.15) is 50.5 Å². The molecule has 0 radical (unpaired) electrons. The fourth-order valence-corrected chi connectivity index (χ4v) is 3.54. The number of benzene rings is 1. The van der Waals surface area contributed by atoms with Gasteiger partial charge in [0.1, 0.15) is 11.5 Å². The van der Waals surface area contributed by atoms with Crippen LogP contribution in [0.5, 0.6) is 0 Å². The summed E-state index contributed by atoms with van der Waals surface area (Å²) in [5, 5.41) is 9.26. The Labute approximate surface area is 177 Å². The molecule has 1 heterocycles. The molecule has 0 bridgehead atoms. The van der Waals surface area contributed by atoms with E-state index >= 15 is 0 Å². The van der Waals surface area contributed by atoms with Crippen molar-refractivity contribution in [3.63, 3.8) is 0 Å². The molecule has 1 aliphatic carbocycles. The van der Waals surface area contributed by atoms with E-state index in [1.807, 2.05) is 44.2 Å². The molecule has 1 fully saturated rings. The van der Waals surface area contributed by atoms with Crippen LogP contribution in [0.4, 0.5) is 0 Å². The van der Waals surface area contributed by atoms with E-state index < -0.39 is 12.1 Å². The first-order valence-corrected chi connectivity index (χ1v) is 10.7. The first-order valence-electron chi connectivity index (χ1n) is 10.7. The number of aliphatic carboxylic acids is 1. The summed E-state index contributed by atoms with van der Waals surface area (Å²) >= 11 is 0. The van der Waals surface area contributed by atoms with Crippen LogP contribution in [0.3, 0.4) is 0 Å². The van der Waals surface area contributed by atoms with Crippen LogP contribution in [0.15, 0.2) is 34.7 Å². The van der Waals surface area contributed by atoms with Gasteiger partial charge in [0, 0.05) is 12.2 Å². The van der Waals surface area contributed by atoms with Crippen molar-refractivity contribution in [3.8, 4) is 11.5 Å². The molecule has 1 N–H and O–H groups in total. The highest BCUT2D eigenvalue weighted by Gasteiger charge is 2.26. The van der Waals surface area contributed by atoms with Crippen LogP contribution >= 0.6 is 0 Å². The number of carbonyl (C=O) groups is 1. The third kappa shape index (κ3) is 6.39. The summed E-state index contributed by atoms with van der Waals surface area (Å²) in [5.41, 5.74) is 1.74. The van der Waals surface area contributed by atoms with Gasteiger partial charge in [0.05, 0.1) is 25.4 Å². The third-order valence-corrected chi connectivity index (χ3v) is 5.23. The van der Waals surface area contributed by atoms with Gasteiger partial charge in [-0.05, 0) is 51.2 Å². The minimum absolute atomic E-state index is 0.0193. The zero-order valence-electron chi connectivity index (χ0n) is 17.7. The number of hydrogen-bond acceptors (Lipinski definition) is 6. The summed E-state index contributed by atoms with van der Waals surface area (Å²) in [6.07, 6.45) is 3.47. The van der Waals surface area contributed by atoms with Crippen LogP contribution in [0.2, 0.25) is 0 Å². The Morgan fingerprint density at radius 3 is 2.67 bits per heavy atom. The Morgan fingerprint density at radius 2 is 1.97 bits per heavy atom. The highest BCUT2D eigenvalue weighted by atomic mass is 16.6. The van der Waals surface area contributed by atoms with Gasteiger partial charge < -0.3 is 23.7 Å². The molecule has 7 heteroatoms. The van der Waals surface area contributed by atoms with Gasteiger partial charge in [0.2, 0.25) is 5.89 Å². The predicted octanol–water partition coefficient (Wildman–Crippen LogP) is 4.37. The first-order chi connectivity index (χ1) is 14.6. The summed E-state index contributed by atoms with van der Waals surface area (Å²) in [4.78, 5) is 15.9. The van der Waals surface area contributed by atoms with Gasteiger partial charge in [-0.1, -0.05) is 25.1 Å². The van der Waals surface area contributed by atoms with Crippen molar-refractivity contribution in [2.75, 3.05) is 13.2 Å². The molecule has 1 aromatic carbocycles. The number of nitrogens with zero attached hydrogens (tertiary/aromatic N) is 1. The van der Waals surface area contributed by atoms with Crippen LogP contribution in [0.25, 0.3) is 11.5 Å². The van der Waals surface area contributed by atoms with Crippen molar-refractivity contribution in [1.82, 2.24) is 4.98 Å². The fourth-order valence-electron chi connectivity index (χ4n) is 3.54. The largest absolute Gasteiger partial charge is 0.479 e. The zero-order valence-corrected chi connectivity index (χ0v) is 17.7. The zero-order chi connectivity index (χ0) is 21.3. The Hall–Kier alpha value is -2.22. The normalized spacial score (nSPS) is 20.2. The molecular weight excluding hydrogens is 386 g/mol. The average molecular weight is 418 g/mol. The number of aryl methyl sites for hydroxylation is 1. The summed E-state index contributed by atoms with van der Waals surface area (Å²) in [5.74, 6) is 0.376. The summed E-state index contributed by atoms with van der Waals surface area (Å²) in [7, 11) is 0. The van der Waals surface area contributed by atoms with Gasteiger partial charge >= 0.3 is 5.97 Å². The van der Waals surface area contributed by atoms with Crippen molar-refractivity contribution in [3.05, 3.63) is 41.8 Å². The molecule has 0 amide bonds. The lowest BCUT2D eigenvalue weighted by molar-refractivity contribution is -0.157. The van der Waals surface area contributed by atoms with Crippen LogP contribution in [-0.4, -0.2) is 47.6 Å². The summed E-state index contributed by atoms with van der Waals surface area (Å²) in [6.45, 7) is 4.71. The molecule has 164 valence electrons. The highest BCUT2D eigenvalue weighted by Crippen LogP contribution is 2.26. The quantitative estimate of drug-likeness (QED) is 0.580. The van der Waals surface area contributed by atoms with E-state index in [0.717, 1.165) is 49.1 Å². The van der Waals surface area contributed by atoms with Crippen molar-refractivity contribution in [2.45, 2.75) is 70.9 Å². The molecule has 30 heavy (non-hydrogen) atoms. The van der Waals surface area contributed by atoms with Gasteiger partial charge in [-0.2, -0.15) is 0 Å². The van der Waals surface area contributed by atoms with Gasteiger partial charge in [-0.3, -0.25) is 0 Å². The van der Waals surface area contributed by atoms with Crippen molar-refractivity contribution in [2.24, 2.45) is 0 Å². The Balaban J connectivity index is 1.48. The maximum Gasteiger partial charge on any atom is 0.335 e. The second kappa shape index (κ2) is 11.2. The highest BCUT2D eigenvalue weighted by molar-refractivity contribution is 5.72. The maximum atomic E-state index is 11.3. The number of rotatable bonds is 11. The molecule has 3 rings (SSSR count). The molecule has 0 aliphatic heterocycles. The molecular formula is C23H31NO6. The van der Waals surface area contributed by atoms with Crippen molar-refractivity contribution in [1.29, 1.82) is 0 Å². The molecule has 1 aromatic heterocycles. The minimum Gasteiger partial charge on any atom is -0.479 e. The second-order valence-corrected chi connectivity index (χ2v) is 7.64. The fraction of sp³-hybridized carbons (Fsp3) is 0.565. The smallest absolute Gasteiger partial charge is 0.335 e. The molecule has 1 unspecified atom stereocenters. The molecule has 2 aromatic rings. The third-order valence-electron chi connectivity index (χ3n) is 5.23. The van der Waals surface area contributed by atoms with Crippen LogP contribution in [-0.2, 0) is 25.6 Å². The molecule has 7 nitrogen and oxygen atoms in total. The molecule has 1 aliphatic rings. The van der Waals surface area contributed by atoms with Gasteiger partial charge in [0.25, 0.3) is 0 Å². The lowest BCUT2D eigenvalue weighted by Crippen LogP contribution is -2.34. The lowest BCUT2D eigenvalue weighted by atomic mass is 9.95. The lowest BCUT2D eigenvalue weighted by Gasteiger charge is -2.29. The van der Waals surface area contributed by atoms with Crippen LogP contribution in [0, 0.1) is 6.92 Å². The van der Waals surface area contributed by atoms with Gasteiger partial charge in [0.15, 0.2) is 6.10 Å². The number of hydrogen-bond donors (Lipinski definition) is 1. The topological polar surface area (TPSA) is 91.0 Å². The molecule has 3 atom stereocenters. The average Bonchev–Trinajstić information content (AvgIpc) is 3.13. The monoisotopic (exact) mass is 417 g/mol. The van der Waals surface area contributed by atoms with E-state index in [9.17, 15) is 9.90 Å². The predicted molar refractivity (Wildman–Crippen MR) is 111 cm³/mol. The number of aromatic nitrogens is 1. The Kier molecular flexibility index (Phi) is 8.42. The Bertz CT molecular complexity index is 790. The van der Waals surface area contributed by atoms with E-state index in [2.05, 4.69) is 4.98 Å². The maximum absolute atomic E-state index is 11.3. The van der Waals surface area contributed by atoms with E-state index in [1.54, 1.807) is 0 Å². The van der Waals surface area contributed by atoms with Gasteiger partial charge in [-0.15, -0.1) is 0 Å². The first kappa shape index (κ1) is 22.5. The van der Waals surface area contributed by atoms with Gasteiger partial charge in [-0.25, -0.2) is 9.78 Å². The standard InChI is InChI=1S/C23H31NO6/c1-3-12-27-21(23(25)26)15-29-19-11-7-10-18(13-19)28-14-20-16(2)30-22(24-20)17-8-5-4-6-9-17/h4-6,8-9,18-19,21H,3,7,10-15H2,1-2H3,(H,25,26)/t18-,19+,21?/m0/s1. The van der Waals surface area contributed by atoms with Crippen LogP contribution < -0.4 is 0 Å². The Morgan fingerprint density at radius 1 is 1.23 bits per heavy atom. The van der Waals surface area contributed by atoms with E-state index in [4.69, 9.17) is 18.6 Å². The SMILES string of the molecule is CCCOC(CO[C@@H]1CCC[C@H](OCc2nc(-c3ccccc3)oc2C)C1)C(=O)O. The summed E-state index contributed by atoms with van der Waals surface area (Å²) in [6, 6.07) is 9.80. The second-order valence-electron chi connectivity index (χ2n) is 7.64. The number of carboxylic acid groups (broad SMARTS) is 1. The van der Waals surface area contributed by atoms with Crippen molar-refractivity contribution >= 4 is 5.97 Å². The molecule has 1 saturated carbocycles. The number of ether oxygens (including phenoxy) is 3. The van der Waals surface area contributed by atoms with Crippen molar-refractivity contribution < 1.29 is 28.5 Å². The van der Waals surface area contributed by atoms with E-state index in [1.165, 1.54) is 0 Å². The molecule has 0 saturated heterocycles. The van der Waals surface area contributed by atoms with E-state index in [-0.39, 0.29) is 18.8 Å². The minimum atomic E-state index is -0.984.